The lowest BCUT2D eigenvalue weighted by Crippen LogP contribution is -2.41. The van der Waals surface area contributed by atoms with Crippen LogP contribution in [-0.4, -0.2) is 61.3 Å². The van der Waals surface area contributed by atoms with Gasteiger partial charge < -0.3 is 29.6 Å². The van der Waals surface area contributed by atoms with E-state index in [1.165, 1.54) is 36.3 Å². The fraction of sp³-hybridized carbons (Fsp3) is 0.323. The fourth-order valence-electron chi connectivity index (χ4n) is 4.11. The summed E-state index contributed by atoms with van der Waals surface area (Å²) in [5, 5.41) is 5.55. The molecule has 1 aliphatic rings. The third kappa shape index (κ3) is 8.44. The van der Waals surface area contributed by atoms with Crippen LogP contribution >= 0.6 is 0 Å². The Hall–Kier alpha value is -5.13. The highest BCUT2D eigenvalue weighted by atomic mass is 16.6. The summed E-state index contributed by atoms with van der Waals surface area (Å²) in [5.74, 6) is -0.745. The van der Waals surface area contributed by atoms with Crippen molar-refractivity contribution in [2.45, 2.75) is 39.2 Å². The number of rotatable bonds is 9. The van der Waals surface area contributed by atoms with E-state index in [1.807, 2.05) is 6.07 Å². The summed E-state index contributed by atoms with van der Waals surface area (Å²) in [6.45, 7) is 6.02. The van der Waals surface area contributed by atoms with Gasteiger partial charge in [0.25, 0.3) is 5.91 Å². The van der Waals surface area contributed by atoms with Crippen LogP contribution in [0.1, 0.15) is 54.5 Å². The number of amides is 3. The quantitative estimate of drug-likeness (QED) is 0.258. The number of anilines is 3. The van der Waals surface area contributed by atoms with Crippen molar-refractivity contribution >= 4 is 41.1 Å². The Kier molecular flexibility index (Phi) is 9.81. The van der Waals surface area contributed by atoms with E-state index in [0.29, 0.717) is 17.9 Å². The second-order valence-corrected chi connectivity index (χ2v) is 10.5. The molecule has 0 spiro atoms. The first-order chi connectivity index (χ1) is 20.5. The van der Waals surface area contributed by atoms with Crippen molar-refractivity contribution in [2.24, 2.45) is 0 Å². The highest BCUT2D eigenvalue weighted by Crippen LogP contribution is 2.31. The van der Waals surface area contributed by atoms with Crippen LogP contribution in [0.4, 0.5) is 22.0 Å². The normalized spacial score (nSPS) is 12.3. The summed E-state index contributed by atoms with van der Waals surface area (Å²) >= 11 is 0. The predicted octanol–water partition coefficient (Wildman–Crippen LogP) is 5.05. The molecule has 0 bridgehead atoms. The molecule has 2 N–H and O–H groups in total. The van der Waals surface area contributed by atoms with Gasteiger partial charge in [-0.25, -0.2) is 14.6 Å². The molecule has 3 aromatic rings. The molecule has 3 amide bonds. The maximum absolute atomic E-state index is 13.4. The molecule has 226 valence electrons. The van der Waals surface area contributed by atoms with Gasteiger partial charge in [0.2, 0.25) is 0 Å². The van der Waals surface area contributed by atoms with Gasteiger partial charge in [-0.05, 0) is 69.7 Å². The first-order valence-corrected chi connectivity index (χ1v) is 13.7. The maximum atomic E-state index is 13.4. The van der Waals surface area contributed by atoms with Crippen LogP contribution in [0.3, 0.4) is 0 Å². The molecule has 12 nitrogen and oxygen atoms in total. The minimum absolute atomic E-state index is 0.00103. The Balaban J connectivity index is 1.50. The Labute approximate surface area is 249 Å². The average molecular weight is 591 g/mol. The summed E-state index contributed by atoms with van der Waals surface area (Å²) in [7, 11) is 1.25. The number of carbonyl (C=O) groups excluding carboxylic acids is 4. The molecule has 0 saturated carbocycles. The zero-order valence-corrected chi connectivity index (χ0v) is 24.5. The van der Waals surface area contributed by atoms with Gasteiger partial charge in [0.05, 0.1) is 31.5 Å². The predicted molar refractivity (Wildman–Crippen MR) is 159 cm³/mol. The SMILES string of the molecule is COC(=O)c1ccc(OCCCC(=O)OC(C)(C)C)c(NC(=O)c2ccc3c(n2)N(C(=O)Nc2ccccc2)CCO3)c1. The first kappa shape index (κ1) is 30.8. The zero-order valence-electron chi connectivity index (χ0n) is 24.5. The van der Waals surface area contributed by atoms with E-state index < -0.39 is 23.5 Å². The van der Waals surface area contributed by atoms with Crippen LogP contribution < -0.4 is 25.0 Å². The topological polar surface area (TPSA) is 145 Å². The first-order valence-electron chi connectivity index (χ1n) is 13.7. The maximum Gasteiger partial charge on any atom is 0.337 e. The van der Waals surface area contributed by atoms with Crippen LogP contribution in [0.2, 0.25) is 0 Å². The van der Waals surface area contributed by atoms with Crippen LogP contribution in [-0.2, 0) is 14.3 Å². The Morgan fingerprint density at radius 3 is 2.49 bits per heavy atom. The molecule has 0 fully saturated rings. The van der Waals surface area contributed by atoms with Crippen molar-refractivity contribution in [3.05, 3.63) is 71.9 Å². The van der Waals surface area contributed by atoms with Gasteiger partial charge in [0.15, 0.2) is 11.6 Å². The zero-order chi connectivity index (χ0) is 31.0. The molecule has 0 aliphatic carbocycles. The number of fused-ring (bicyclic) bond motifs is 1. The number of carbonyl (C=O) groups is 4. The third-order valence-corrected chi connectivity index (χ3v) is 6.02. The number of pyridine rings is 1. The monoisotopic (exact) mass is 590 g/mol. The molecular weight excluding hydrogens is 556 g/mol. The summed E-state index contributed by atoms with van der Waals surface area (Å²) in [6.07, 6.45) is 0.517. The summed E-state index contributed by atoms with van der Waals surface area (Å²) in [5.41, 5.74) is 0.410. The van der Waals surface area contributed by atoms with Crippen molar-refractivity contribution in [3.8, 4) is 11.5 Å². The van der Waals surface area contributed by atoms with Crippen molar-refractivity contribution in [1.29, 1.82) is 0 Å². The minimum atomic E-state index is -0.614. The van der Waals surface area contributed by atoms with E-state index >= 15 is 0 Å². The number of methoxy groups -OCH3 is 1. The lowest BCUT2D eigenvalue weighted by atomic mass is 10.1. The molecule has 0 atom stereocenters. The van der Waals surface area contributed by atoms with E-state index in [9.17, 15) is 19.2 Å². The van der Waals surface area contributed by atoms with Crippen molar-refractivity contribution in [3.63, 3.8) is 0 Å². The Morgan fingerprint density at radius 1 is 1.00 bits per heavy atom. The Bertz CT molecular complexity index is 1490. The summed E-state index contributed by atoms with van der Waals surface area (Å²) < 4.78 is 21.6. The van der Waals surface area contributed by atoms with Gasteiger partial charge in [0.1, 0.15) is 23.7 Å². The number of hydrogen-bond donors (Lipinski definition) is 2. The van der Waals surface area contributed by atoms with E-state index in [1.54, 1.807) is 51.1 Å². The highest BCUT2D eigenvalue weighted by Gasteiger charge is 2.27. The second-order valence-electron chi connectivity index (χ2n) is 10.5. The standard InChI is InChI=1S/C31H34N4O8/c1-31(2,3)43-26(36)11-8-17-41-24-14-12-20(29(38)40-4)19-23(24)34-28(37)22-13-15-25-27(33-22)35(16-18-42-25)30(39)32-21-9-6-5-7-10-21/h5-7,9-10,12-15,19H,8,11,16-18H2,1-4H3,(H,32,39)(H,34,37). The summed E-state index contributed by atoms with van der Waals surface area (Å²) in [4.78, 5) is 56.4. The van der Waals surface area contributed by atoms with E-state index in [4.69, 9.17) is 18.9 Å². The van der Waals surface area contributed by atoms with Crippen molar-refractivity contribution in [2.75, 3.05) is 42.4 Å². The fourth-order valence-corrected chi connectivity index (χ4v) is 4.11. The van der Waals surface area contributed by atoms with E-state index in [0.717, 1.165) is 0 Å². The lowest BCUT2D eigenvalue weighted by molar-refractivity contribution is -0.155. The van der Waals surface area contributed by atoms with Crippen LogP contribution in [0, 0.1) is 0 Å². The largest absolute Gasteiger partial charge is 0.491 e. The van der Waals surface area contributed by atoms with Crippen LogP contribution in [0.25, 0.3) is 0 Å². The molecule has 0 unspecified atom stereocenters. The molecule has 1 aliphatic heterocycles. The van der Waals surface area contributed by atoms with E-state index in [2.05, 4.69) is 15.6 Å². The van der Waals surface area contributed by atoms with Gasteiger partial charge in [-0.3, -0.25) is 14.5 Å². The number of hydrogen-bond acceptors (Lipinski definition) is 9. The summed E-state index contributed by atoms with van der Waals surface area (Å²) in [6, 6.07) is 16.0. The number of nitrogens with one attached hydrogen (secondary N) is 2. The second kappa shape index (κ2) is 13.7. The lowest BCUT2D eigenvalue weighted by Gasteiger charge is -2.28. The van der Waals surface area contributed by atoms with Gasteiger partial charge in [0, 0.05) is 12.1 Å². The van der Waals surface area contributed by atoms with E-state index in [-0.39, 0.29) is 60.7 Å². The van der Waals surface area contributed by atoms with Gasteiger partial charge in [-0.1, -0.05) is 18.2 Å². The van der Waals surface area contributed by atoms with Gasteiger partial charge in [-0.2, -0.15) is 0 Å². The molecule has 0 saturated heterocycles. The average Bonchev–Trinajstić information content (AvgIpc) is 2.98. The van der Waals surface area contributed by atoms with Gasteiger partial charge in [-0.15, -0.1) is 0 Å². The number of benzene rings is 2. The van der Waals surface area contributed by atoms with Gasteiger partial charge >= 0.3 is 18.0 Å². The number of nitrogens with zero attached hydrogens (tertiary/aromatic N) is 2. The molecule has 2 heterocycles. The molecule has 4 rings (SSSR count). The number of urea groups is 1. The molecule has 2 aromatic carbocycles. The van der Waals surface area contributed by atoms with Crippen molar-refractivity contribution < 1.29 is 38.1 Å². The molecule has 1 aromatic heterocycles. The van der Waals surface area contributed by atoms with Crippen molar-refractivity contribution in [1.82, 2.24) is 4.98 Å². The molecule has 0 radical (unpaired) electrons. The number of ether oxygens (including phenoxy) is 4. The number of esters is 2. The van der Waals surface area contributed by atoms with Crippen LogP contribution in [0.5, 0.6) is 11.5 Å². The van der Waals surface area contributed by atoms with Crippen LogP contribution in [0.15, 0.2) is 60.7 Å². The highest BCUT2D eigenvalue weighted by molar-refractivity contribution is 6.06. The minimum Gasteiger partial charge on any atom is -0.491 e. The molecule has 43 heavy (non-hydrogen) atoms. The number of aromatic nitrogens is 1. The molecule has 12 heteroatoms. The molecular formula is C31H34N4O8. The Morgan fingerprint density at radius 2 is 1.77 bits per heavy atom. The smallest absolute Gasteiger partial charge is 0.337 e. The number of para-hydroxylation sites is 1. The third-order valence-electron chi connectivity index (χ3n) is 6.02.